The molecule has 1 aromatic carbocycles. The Hall–Kier alpha value is -1.88. The Morgan fingerprint density at radius 2 is 1.95 bits per heavy atom. The summed E-state index contributed by atoms with van der Waals surface area (Å²) in [4.78, 5) is 24.1. The van der Waals surface area contributed by atoms with Gasteiger partial charge >= 0.3 is 0 Å². The van der Waals surface area contributed by atoms with Crippen LogP contribution in [0.4, 0.5) is 0 Å². The van der Waals surface area contributed by atoms with Crippen LogP contribution in [0.25, 0.3) is 0 Å². The summed E-state index contributed by atoms with van der Waals surface area (Å²) in [7, 11) is 1.58. The van der Waals surface area contributed by atoms with Gasteiger partial charge in [0.25, 0.3) is 0 Å². The van der Waals surface area contributed by atoms with E-state index in [1.54, 1.807) is 7.05 Å². The second-order valence-corrected chi connectivity index (χ2v) is 6.12. The van der Waals surface area contributed by atoms with E-state index >= 15 is 0 Å². The summed E-state index contributed by atoms with van der Waals surface area (Å²) in [5.74, 6) is -0.0651. The molecule has 1 aromatic rings. The molecule has 1 aliphatic carbocycles. The van der Waals surface area contributed by atoms with Crippen LogP contribution in [0.1, 0.15) is 30.9 Å². The zero-order valence-electron chi connectivity index (χ0n) is 12.8. The molecule has 1 saturated carbocycles. The summed E-state index contributed by atoms with van der Waals surface area (Å²) in [5, 5.41) is 5.55. The third kappa shape index (κ3) is 2.73. The van der Waals surface area contributed by atoms with Crippen molar-refractivity contribution < 1.29 is 14.3 Å². The molecule has 3 rings (SSSR count). The number of nitrogens with one attached hydrogen (secondary N) is 2. The number of carbonyl (C=O) groups excluding carboxylic acids is 2. The summed E-state index contributed by atoms with van der Waals surface area (Å²) >= 11 is 0. The second-order valence-electron chi connectivity index (χ2n) is 6.12. The number of amides is 2. The molecule has 0 unspecified atom stereocenters. The Kier molecular flexibility index (Phi) is 4.16. The number of rotatable bonds is 5. The van der Waals surface area contributed by atoms with E-state index in [9.17, 15) is 9.59 Å². The van der Waals surface area contributed by atoms with Gasteiger partial charge in [0.05, 0.1) is 6.10 Å². The smallest absolute Gasteiger partial charge is 0.235 e. The highest BCUT2D eigenvalue weighted by Gasteiger charge is 2.56. The topological polar surface area (TPSA) is 67.4 Å². The van der Waals surface area contributed by atoms with Crippen molar-refractivity contribution >= 4 is 11.8 Å². The van der Waals surface area contributed by atoms with Gasteiger partial charge in [0.2, 0.25) is 11.8 Å². The molecular formula is C17H22N2O3. The van der Waals surface area contributed by atoms with Crippen LogP contribution < -0.4 is 10.6 Å². The van der Waals surface area contributed by atoms with Gasteiger partial charge in [-0.1, -0.05) is 30.3 Å². The van der Waals surface area contributed by atoms with E-state index in [2.05, 4.69) is 22.8 Å². The molecule has 2 fully saturated rings. The van der Waals surface area contributed by atoms with Crippen molar-refractivity contribution in [3.63, 3.8) is 0 Å². The minimum Gasteiger partial charge on any atom is -0.373 e. The molecule has 2 aliphatic rings. The van der Waals surface area contributed by atoms with Gasteiger partial charge in [0.15, 0.2) is 0 Å². The molecule has 0 spiro atoms. The lowest BCUT2D eigenvalue weighted by Crippen LogP contribution is -2.43. The van der Waals surface area contributed by atoms with Gasteiger partial charge in [0.1, 0.15) is 5.41 Å². The largest absolute Gasteiger partial charge is 0.373 e. The number of carbonyl (C=O) groups is 2. The maximum absolute atomic E-state index is 12.3. The van der Waals surface area contributed by atoms with Crippen LogP contribution >= 0.6 is 0 Å². The lowest BCUT2D eigenvalue weighted by atomic mass is 9.95. The fraction of sp³-hybridized carbons (Fsp3) is 0.529. The highest BCUT2D eigenvalue weighted by atomic mass is 16.5. The molecule has 5 nitrogen and oxygen atoms in total. The van der Waals surface area contributed by atoms with Crippen molar-refractivity contribution in [1.82, 2.24) is 10.6 Å². The Morgan fingerprint density at radius 3 is 2.59 bits per heavy atom. The first-order valence-electron chi connectivity index (χ1n) is 7.84. The van der Waals surface area contributed by atoms with E-state index in [0.717, 1.165) is 12.0 Å². The highest BCUT2D eigenvalue weighted by Crippen LogP contribution is 2.46. The lowest BCUT2D eigenvalue weighted by molar-refractivity contribution is -0.137. The molecular weight excluding hydrogens is 280 g/mol. The van der Waals surface area contributed by atoms with Crippen molar-refractivity contribution in [2.24, 2.45) is 11.3 Å². The quantitative estimate of drug-likeness (QED) is 0.808. The Bertz CT molecular complexity index is 554. The first kappa shape index (κ1) is 15.0. The molecule has 2 N–H and O–H groups in total. The van der Waals surface area contributed by atoms with E-state index in [1.165, 1.54) is 0 Å². The van der Waals surface area contributed by atoms with Gasteiger partial charge in [0, 0.05) is 26.1 Å². The van der Waals surface area contributed by atoms with Crippen LogP contribution in [-0.2, 0) is 14.3 Å². The lowest BCUT2D eigenvalue weighted by Gasteiger charge is -2.21. The summed E-state index contributed by atoms with van der Waals surface area (Å²) in [6, 6.07) is 10.1. The molecule has 5 heteroatoms. The van der Waals surface area contributed by atoms with Gasteiger partial charge < -0.3 is 15.4 Å². The van der Waals surface area contributed by atoms with E-state index < -0.39 is 5.41 Å². The predicted molar refractivity (Wildman–Crippen MR) is 82.0 cm³/mol. The minimum absolute atomic E-state index is 0.0247. The molecule has 22 heavy (non-hydrogen) atoms. The van der Waals surface area contributed by atoms with Crippen LogP contribution in [0.5, 0.6) is 0 Å². The molecule has 1 aliphatic heterocycles. The van der Waals surface area contributed by atoms with E-state index in [4.69, 9.17) is 4.74 Å². The molecule has 2 atom stereocenters. The summed E-state index contributed by atoms with van der Waals surface area (Å²) in [5.41, 5.74) is 0.322. The molecule has 1 heterocycles. The van der Waals surface area contributed by atoms with E-state index in [-0.39, 0.29) is 23.8 Å². The first-order valence-corrected chi connectivity index (χ1v) is 7.84. The van der Waals surface area contributed by atoms with Crippen LogP contribution in [0.2, 0.25) is 0 Å². The third-order valence-electron chi connectivity index (χ3n) is 4.71. The maximum Gasteiger partial charge on any atom is 0.235 e. The van der Waals surface area contributed by atoms with Crippen molar-refractivity contribution in [3.05, 3.63) is 35.9 Å². The normalized spacial score (nSPS) is 25.5. The average molecular weight is 302 g/mol. The Balaban J connectivity index is 1.59. The van der Waals surface area contributed by atoms with Crippen LogP contribution in [0.15, 0.2) is 30.3 Å². The van der Waals surface area contributed by atoms with Gasteiger partial charge in [-0.25, -0.2) is 0 Å². The Labute approximate surface area is 130 Å². The van der Waals surface area contributed by atoms with Crippen molar-refractivity contribution in [1.29, 1.82) is 0 Å². The average Bonchev–Trinajstić information content (AvgIpc) is 3.24. The summed E-state index contributed by atoms with van der Waals surface area (Å²) in [6.45, 7) is 1.26. The van der Waals surface area contributed by atoms with Crippen LogP contribution in [-0.4, -0.2) is 32.0 Å². The van der Waals surface area contributed by atoms with Gasteiger partial charge in [-0.2, -0.15) is 0 Å². The Morgan fingerprint density at radius 1 is 1.23 bits per heavy atom. The van der Waals surface area contributed by atoms with Crippen molar-refractivity contribution in [2.45, 2.75) is 25.4 Å². The maximum atomic E-state index is 12.3. The fourth-order valence-corrected chi connectivity index (χ4v) is 3.17. The molecule has 0 bridgehead atoms. The predicted octanol–water partition coefficient (Wildman–Crippen LogP) is 1.41. The number of hydrogen-bond donors (Lipinski definition) is 2. The van der Waals surface area contributed by atoms with Crippen LogP contribution in [0, 0.1) is 11.3 Å². The van der Waals surface area contributed by atoms with Gasteiger partial charge in [-0.05, 0) is 24.8 Å². The monoisotopic (exact) mass is 302 g/mol. The number of benzene rings is 1. The van der Waals surface area contributed by atoms with Crippen LogP contribution in [0.3, 0.4) is 0 Å². The van der Waals surface area contributed by atoms with E-state index in [0.29, 0.717) is 26.0 Å². The molecule has 0 radical (unpaired) electrons. The summed E-state index contributed by atoms with van der Waals surface area (Å²) < 4.78 is 5.82. The fourth-order valence-electron chi connectivity index (χ4n) is 3.17. The standard InChI is InChI=1S/C17H22N2O3/c1-18-15(20)17(8-9-17)16(21)19-11-13-7-10-22-14(13)12-5-3-2-4-6-12/h2-6,13-14H,7-11H2,1H3,(H,18,20)(H,19,21)/t13-,14-/m1/s1. The third-order valence-corrected chi connectivity index (χ3v) is 4.71. The SMILES string of the molecule is CNC(=O)C1(C(=O)NC[C@H]2CCO[C@@H]2c2ccccc2)CC1. The molecule has 0 aromatic heterocycles. The first-order chi connectivity index (χ1) is 10.7. The van der Waals surface area contributed by atoms with Crippen molar-refractivity contribution in [2.75, 3.05) is 20.2 Å². The molecule has 118 valence electrons. The number of hydrogen-bond acceptors (Lipinski definition) is 3. The zero-order valence-corrected chi connectivity index (χ0v) is 12.8. The minimum atomic E-state index is -0.823. The second kappa shape index (κ2) is 6.08. The van der Waals surface area contributed by atoms with Crippen molar-refractivity contribution in [3.8, 4) is 0 Å². The molecule has 1 saturated heterocycles. The summed E-state index contributed by atoms with van der Waals surface area (Å²) in [6.07, 6.45) is 2.23. The van der Waals surface area contributed by atoms with Gasteiger partial charge in [-0.3, -0.25) is 9.59 Å². The van der Waals surface area contributed by atoms with Gasteiger partial charge in [-0.15, -0.1) is 0 Å². The van der Waals surface area contributed by atoms with E-state index in [1.807, 2.05) is 18.2 Å². The number of ether oxygens (including phenoxy) is 1. The molecule has 2 amide bonds. The highest BCUT2D eigenvalue weighted by molar-refractivity contribution is 6.07. The zero-order chi connectivity index (χ0) is 15.6.